The molecule has 0 bridgehead atoms. The molecule has 0 saturated heterocycles. The third-order valence-electron chi connectivity index (χ3n) is 3.95. The Morgan fingerprint density at radius 1 is 1.11 bits per heavy atom. The van der Waals surface area contributed by atoms with Gasteiger partial charge in [0.25, 0.3) is 0 Å². The van der Waals surface area contributed by atoms with E-state index in [1.807, 2.05) is 0 Å². The lowest BCUT2D eigenvalue weighted by Crippen LogP contribution is -2.37. The van der Waals surface area contributed by atoms with Crippen LogP contribution in [0.15, 0.2) is 0 Å². The molecule has 0 amide bonds. The highest BCUT2D eigenvalue weighted by Gasteiger charge is 2.31. The van der Waals surface area contributed by atoms with Crippen LogP contribution in [-0.4, -0.2) is 36.6 Å². The average Bonchev–Trinajstić information content (AvgIpc) is 3.13. The van der Waals surface area contributed by atoms with Crippen molar-refractivity contribution in [3.63, 3.8) is 0 Å². The van der Waals surface area contributed by atoms with Crippen molar-refractivity contribution in [1.82, 2.24) is 10.2 Å². The van der Waals surface area contributed by atoms with Gasteiger partial charge >= 0.3 is 0 Å². The fourth-order valence-electron chi connectivity index (χ4n) is 2.57. The summed E-state index contributed by atoms with van der Waals surface area (Å²) < 4.78 is 0. The summed E-state index contributed by atoms with van der Waals surface area (Å²) in [4.78, 5) is 2.78. The number of rotatable bonds is 11. The molecule has 1 aliphatic carbocycles. The summed E-state index contributed by atoms with van der Waals surface area (Å²) >= 11 is 0. The topological polar surface area (TPSA) is 15.3 Å². The average molecular weight is 254 g/mol. The second-order valence-electron chi connectivity index (χ2n) is 6.39. The van der Waals surface area contributed by atoms with Crippen LogP contribution in [0.4, 0.5) is 0 Å². The van der Waals surface area contributed by atoms with Gasteiger partial charge in [0.1, 0.15) is 0 Å². The number of nitrogens with one attached hydrogen (secondary N) is 1. The third-order valence-corrected chi connectivity index (χ3v) is 3.95. The molecule has 1 atom stereocenters. The Morgan fingerprint density at radius 3 is 2.39 bits per heavy atom. The molecule has 18 heavy (non-hydrogen) atoms. The van der Waals surface area contributed by atoms with Crippen LogP contribution < -0.4 is 5.32 Å². The molecule has 2 nitrogen and oxygen atoms in total. The predicted octanol–water partition coefficient (Wildman–Crippen LogP) is 3.67. The predicted molar refractivity (Wildman–Crippen MR) is 81.0 cm³/mol. The molecule has 0 aromatic heterocycles. The Labute approximate surface area is 115 Å². The smallest absolute Gasteiger partial charge is 0.00992 e. The highest BCUT2D eigenvalue weighted by Crippen LogP contribution is 2.30. The van der Waals surface area contributed by atoms with Gasteiger partial charge in [0.15, 0.2) is 0 Å². The van der Waals surface area contributed by atoms with Gasteiger partial charge in [0.2, 0.25) is 0 Å². The van der Waals surface area contributed by atoms with Crippen molar-refractivity contribution in [2.45, 2.75) is 78.3 Å². The zero-order valence-corrected chi connectivity index (χ0v) is 13.0. The van der Waals surface area contributed by atoms with E-state index >= 15 is 0 Å². The highest BCUT2D eigenvalue weighted by atomic mass is 15.2. The van der Waals surface area contributed by atoms with E-state index in [0.29, 0.717) is 0 Å². The van der Waals surface area contributed by atoms with E-state index in [-0.39, 0.29) is 0 Å². The molecular weight excluding hydrogens is 220 g/mol. The van der Waals surface area contributed by atoms with E-state index in [9.17, 15) is 0 Å². The van der Waals surface area contributed by atoms with Crippen LogP contribution in [0, 0.1) is 5.92 Å². The van der Waals surface area contributed by atoms with E-state index in [1.54, 1.807) is 0 Å². The summed E-state index contributed by atoms with van der Waals surface area (Å²) in [5.74, 6) is 0.838. The van der Waals surface area contributed by atoms with Crippen LogP contribution >= 0.6 is 0 Å². The minimum atomic E-state index is 0.777. The Bertz CT molecular complexity index is 199. The van der Waals surface area contributed by atoms with Gasteiger partial charge in [-0.2, -0.15) is 0 Å². The maximum absolute atomic E-state index is 3.51. The Kier molecular flexibility index (Phi) is 7.92. The summed E-state index contributed by atoms with van der Waals surface area (Å²) in [6.45, 7) is 13.0. The molecule has 1 aliphatic rings. The lowest BCUT2D eigenvalue weighted by Gasteiger charge is -2.30. The molecule has 0 spiro atoms. The van der Waals surface area contributed by atoms with Gasteiger partial charge in [-0.25, -0.2) is 0 Å². The largest absolute Gasteiger partial charge is 0.317 e. The van der Waals surface area contributed by atoms with Crippen molar-refractivity contribution in [2.75, 3.05) is 19.6 Å². The second-order valence-corrected chi connectivity index (χ2v) is 6.39. The van der Waals surface area contributed by atoms with E-state index in [4.69, 9.17) is 0 Å². The lowest BCUT2D eigenvalue weighted by atomic mass is 10.1. The second kappa shape index (κ2) is 8.92. The molecule has 0 aliphatic heterocycles. The van der Waals surface area contributed by atoms with Crippen LogP contribution in [0.3, 0.4) is 0 Å². The molecule has 108 valence electrons. The molecule has 1 fully saturated rings. The lowest BCUT2D eigenvalue weighted by molar-refractivity contribution is 0.177. The summed E-state index contributed by atoms with van der Waals surface area (Å²) in [5.41, 5.74) is 0. The minimum Gasteiger partial charge on any atom is -0.317 e. The zero-order chi connectivity index (χ0) is 13.4. The SMILES string of the molecule is CCCNCCCC(C)N(CCC(C)C)C1CC1. The Morgan fingerprint density at radius 2 is 1.83 bits per heavy atom. The van der Waals surface area contributed by atoms with Crippen molar-refractivity contribution in [3.8, 4) is 0 Å². The first-order valence-corrected chi connectivity index (χ1v) is 8.11. The number of hydrogen-bond acceptors (Lipinski definition) is 2. The van der Waals surface area contributed by atoms with Crippen LogP contribution in [0.1, 0.15) is 66.2 Å². The van der Waals surface area contributed by atoms with E-state index in [0.717, 1.165) is 18.0 Å². The number of hydrogen-bond donors (Lipinski definition) is 1. The normalized spacial score (nSPS) is 17.7. The summed E-state index contributed by atoms with van der Waals surface area (Å²) in [6.07, 6.45) is 8.16. The molecule has 1 saturated carbocycles. The van der Waals surface area contributed by atoms with Crippen molar-refractivity contribution in [3.05, 3.63) is 0 Å². The quantitative estimate of drug-likeness (QED) is 0.566. The molecule has 2 heteroatoms. The van der Waals surface area contributed by atoms with Crippen molar-refractivity contribution >= 4 is 0 Å². The summed E-state index contributed by atoms with van der Waals surface area (Å²) in [6, 6.07) is 1.70. The van der Waals surface area contributed by atoms with Crippen molar-refractivity contribution in [1.29, 1.82) is 0 Å². The van der Waals surface area contributed by atoms with Crippen molar-refractivity contribution < 1.29 is 0 Å². The molecule has 1 rings (SSSR count). The fourth-order valence-corrected chi connectivity index (χ4v) is 2.57. The maximum Gasteiger partial charge on any atom is 0.00992 e. The zero-order valence-electron chi connectivity index (χ0n) is 13.0. The maximum atomic E-state index is 3.51. The minimum absolute atomic E-state index is 0.777. The first-order chi connectivity index (χ1) is 8.65. The summed E-state index contributed by atoms with van der Waals surface area (Å²) in [7, 11) is 0. The van der Waals surface area contributed by atoms with Crippen LogP contribution in [-0.2, 0) is 0 Å². The molecule has 0 heterocycles. The molecule has 0 aromatic rings. The fraction of sp³-hybridized carbons (Fsp3) is 1.00. The molecule has 0 aromatic carbocycles. The molecule has 1 unspecified atom stereocenters. The molecular formula is C16H34N2. The standard InChI is InChI=1S/C16H34N2/c1-5-11-17-12-6-7-15(4)18(16-8-9-16)13-10-14(2)3/h14-17H,5-13H2,1-4H3. The van der Waals surface area contributed by atoms with Crippen LogP contribution in [0.2, 0.25) is 0 Å². The number of nitrogens with zero attached hydrogens (tertiary/aromatic N) is 1. The van der Waals surface area contributed by atoms with E-state index < -0.39 is 0 Å². The van der Waals surface area contributed by atoms with Gasteiger partial charge < -0.3 is 5.32 Å². The summed E-state index contributed by atoms with van der Waals surface area (Å²) in [5, 5.41) is 3.51. The first kappa shape index (κ1) is 16.0. The van der Waals surface area contributed by atoms with Gasteiger partial charge in [-0.1, -0.05) is 20.8 Å². The Balaban J connectivity index is 2.16. The molecule has 1 N–H and O–H groups in total. The van der Waals surface area contributed by atoms with Gasteiger partial charge in [-0.15, -0.1) is 0 Å². The monoisotopic (exact) mass is 254 g/mol. The van der Waals surface area contributed by atoms with Crippen LogP contribution in [0.5, 0.6) is 0 Å². The molecule has 0 radical (unpaired) electrons. The highest BCUT2D eigenvalue weighted by molar-refractivity contribution is 4.87. The van der Waals surface area contributed by atoms with Gasteiger partial charge in [0.05, 0.1) is 0 Å². The van der Waals surface area contributed by atoms with Crippen molar-refractivity contribution in [2.24, 2.45) is 5.92 Å². The first-order valence-electron chi connectivity index (χ1n) is 8.11. The third kappa shape index (κ3) is 6.75. The van der Waals surface area contributed by atoms with E-state index in [1.165, 1.54) is 58.2 Å². The van der Waals surface area contributed by atoms with Gasteiger partial charge in [0, 0.05) is 12.1 Å². The van der Waals surface area contributed by atoms with Gasteiger partial charge in [-0.05, 0) is 71.0 Å². The van der Waals surface area contributed by atoms with E-state index in [2.05, 4.69) is 37.9 Å². The van der Waals surface area contributed by atoms with Gasteiger partial charge in [-0.3, -0.25) is 4.90 Å². The Hall–Kier alpha value is -0.0800. The van der Waals surface area contributed by atoms with Crippen LogP contribution in [0.25, 0.3) is 0 Å².